The number of rotatable bonds is 9. The molecule has 1 aromatic heterocycles. The summed E-state index contributed by atoms with van der Waals surface area (Å²) in [5.41, 5.74) is 1.17. The van der Waals surface area contributed by atoms with Crippen LogP contribution in [0.5, 0.6) is 0 Å². The van der Waals surface area contributed by atoms with Crippen LogP contribution in [0.1, 0.15) is 17.4 Å². The molecule has 8 heteroatoms. The number of aromatic amines is 1. The maximum absolute atomic E-state index is 12.8. The van der Waals surface area contributed by atoms with E-state index in [0.717, 1.165) is 15.6 Å². The summed E-state index contributed by atoms with van der Waals surface area (Å²) < 4.78 is 21.9. The van der Waals surface area contributed by atoms with Gasteiger partial charge in [-0.3, -0.25) is 0 Å². The van der Waals surface area contributed by atoms with Gasteiger partial charge in [-0.25, -0.2) is 0 Å². The van der Waals surface area contributed by atoms with Crippen LogP contribution in [0.25, 0.3) is 0 Å². The van der Waals surface area contributed by atoms with Crippen LogP contribution in [0.15, 0.2) is 113 Å². The summed E-state index contributed by atoms with van der Waals surface area (Å²) >= 11 is -0.127. The Labute approximate surface area is 221 Å². The van der Waals surface area contributed by atoms with Gasteiger partial charge in [0.25, 0.3) is 0 Å². The average Bonchev–Trinajstić information content (AvgIpc) is 2.93. The van der Waals surface area contributed by atoms with E-state index in [2.05, 4.69) is 17.1 Å². The summed E-state index contributed by atoms with van der Waals surface area (Å²) in [6, 6.07) is 31.5. The molecular weight excluding hydrogens is 535 g/mol. The van der Waals surface area contributed by atoms with Gasteiger partial charge in [-0.2, -0.15) is 0 Å². The number of hydrogen-bond donors (Lipinski definition) is 1. The molecule has 1 N–H and O–H groups in total. The van der Waals surface area contributed by atoms with Crippen molar-refractivity contribution in [2.45, 2.75) is 36.5 Å². The molecule has 1 aliphatic rings. The quantitative estimate of drug-likeness (QED) is 0.317. The minimum absolute atomic E-state index is 0.127. The second-order valence-electron chi connectivity index (χ2n) is 8.73. The molecule has 4 atom stereocenters. The van der Waals surface area contributed by atoms with Crippen LogP contribution in [-0.2, 0) is 27.4 Å². The molecule has 0 unspecified atom stereocenters. The van der Waals surface area contributed by atoms with E-state index in [1.807, 2.05) is 78.9 Å². The zero-order valence-electron chi connectivity index (χ0n) is 20.1. The van der Waals surface area contributed by atoms with Gasteiger partial charge >= 0.3 is 221 Å². The molecule has 7 nitrogen and oxygen atoms in total. The van der Waals surface area contributed by atoms with Crippen LogP contribution < -0.4 is 15.7 Å². The summed E-state index contributed by atoms with van der Waals surface area (Å²) in [5, 5.41) is 0. The van der Waals surface area contributed by atoms with Crippen molar-refractivity contribution < 1.29 is 14.2 Å². The number of ether oxygens (including phenoxy) is 3. The number of benzene rings is 3. The van der Waals surface area contributed by atoms with Gasteiger partial charge in [-0.15, -0.1) is 0 Å². The van der Waals surface area contributed by atoms with E-state index in [1.54, 1.807) is 0 Å². The van der Waals surface area contributed by atoms with E-state index in [0.29, 0.717) is 13.2 Å². The fraction of sp³-hybridized carbons (Fsp3) is 0.241. The van der Waals surface area contributed by atoms with Gasteiger partial charge in [0, 0.05) is 0 Å². The Morgan fingerprint density at radius 1 is 0.811 bits per heavy atom. The van der Waals surface area contributed by atoms with E-state index >= 15 is 0 Å². The van der Waals surface area contributed by atoms with Crippen molar-refractivity contribution >= 4 is 19.4 Å². The van der Waals surface area contributed by atoms with Gasteiger partial charge in [0.1, 0.15) is 0 Å². The molecule has 3 aromatic carbocycles. The molecule has 5 rings (SSSR count). The summed E-state index contributed by atoms with van der Waals surface area (Å²) in [5.74, 6) is 0. The number of hydrogen-bond acceptors (Lipinski definition) is 5. The van der Waals surface area contributed by atoms with Crippen LogP contribution in [0.2, 0.25) is 4.82 Å². The molecule has 0 saturated carbocycles. The van der Waals surface area contributed by atoms with Gasteiger partial charge in [0.2, 0.25) is 0 Å². The van der Waals surface area contributed by atoms with Crippen molar-refractivity contribution in [3.05, 3.63) is 135 Å². The number of H-pyrrole nitrogens is 1. The van der Waals surface area contributed by atoms with E-state index in [4.69, 9.17) is 14.2 Å². The number of nitrogens with zero attached hydrogens (tertiary/aromatic N) is 1. The minimum atomic E-state index is -0.609. The zero-order chi connectivity index (χ0) is 25.5. The predicted molar refractivity (Wildman–Crippen MR) is 142 cm³/mol. The molecule has 0 radical (unpaired) electrons. The van der Waals surface area contributed by atoms with E-state index < -0.39 is 17.5 Å². The van der Waals surface area contributed by atoms with Crippen molar-refractivity contribution in [1.29, 1.82) is 0 Å². The Hall–Kier alpha value is -3.26. The van der Waals surface area contributed by atoms with E-state index in [9.17, 15) is 9.59 Å². The van der Waals surface area contributed by atoms with Crippen molar-refractivity contribution in [1.82, 2.24) is 9.55 Å². The third-order valence-corrected chi connectivity index (χ3v) is 8.90. The van der Waals surface area contributed by atoms with Crippen LogP contribution in [-0.4, -0.2) is 43.3 Å². The van der Waals surface area contributed by atoms with E-state index in [1.165, 1.54) is 16.8 Å². The van der Waals surface area contributed by atoms with Crippen LogP contribution in [0.4, 0.5) is 0 Å². The maximum atomic E-state index is 12.8. The van der Waals surface area contributed by atoms with Crippen molar-refractivity contribution in [2.24, 2.45) is 0 Å². The molecule has 0 spiro atoms. The Balaban J connectivity index is 1.48. The molecular formula is C29H28N2O5Se. The molecule has 1 fully saturated rings. The van der Waals surface area contributed by atoms with Crippen LogP contribution >= 0.6 is 0 Å². The third-order valence-electron chi connectivity index (χ3n) is 6.14. The average molecular weight is 564 g/mol. The predicted octanol–water partition coefficient (Wildman–Crippen LogP) is 3.05. The Bertz CT molecular complexity index is 1380. The Morgan fingerprint density at radius 3 is 2.03 bits per heavy atom. The summed E-state index contributed by atoms with van der Waals surface area (Å²) in [7, 11) is 0. The molecule has 2 heterocycles. The van der Waals surface area contributed by atoms with E-state index in [-0.39, 0.29) is 38.6 Å². The van der Waals surface area contributed by atoms with Gasteiger partial charge in [-0.05, 0) is 0 Å². The first-order valence-corrected chi connectivity index (χ1v) is 14.0. The molecule has 37 heavy (non-hydrogen) atoms. The second-order valence-corrected chi connectivity index (χ2v) is 11.4. The monoisotopic (exact) mass is 564 g/mol. The normalized spacial score (nSPS) is 21.5. The third kappa shape index (κ3) is 6.55. The summed E-state index contributed by atoms with van der Waals surface area (Å²) in [6.07, 6.45) is 0.206. The fourth-order valence-corrected chi connectivity index (χ4v) is 7.11. The molecule has 190 valence electrons. The summed E-state index contributed by atoms with van der Waals surface area (Å²) in [6.45, 7) is 1.09. The number of aromatic nitrogens is 2. The molecule has 1 aliphatic heterocycles. The zero-order valence-corrected chi connectivity index (χ0v) is 21.9. The van der Waals surface area contributed by atoms with Crippen molar-refractivity contribution in [2.75, 3.05) is 6.61 Å². The first-order chi connectivity index (χ1) is 18.2. The topological polar surface area (TPSA) is 82.5 Å². The molecule has 0 bridgehead atoms. The van der Waals surface area contributed by atoms with Crippen LogP contribution in [0, 0.1) is 0 Å². The first kappa shape index (κ1) is 25.4. The van der Waals surface area contributed by atoms with Crippen molar-refractivity contribution in [3.63, 3.8) is 0 Å². The molecule has 4 aromatic rings. The standard InChI is InChI=1S/C29H28N2O5Se/c32-25-16-17-31(29(33)30-25)28-27(37-23-14-8-3-9-15-23)26(35-19-22-12-6-2-7-13-22)24(20-36-28)34-18-21-10-4-1-5-11-21/h1-17,24,26-28H,18-20H2,(H,30,32,33)/t24-,26-,27+,28+/m1/s1. The Kier molecular flexibility index (Phi) is 8.46. The fourth-order valence-electron chi connectivity index (χ4n) is 4.29. The van der Waals surface area contributed by atoms with Gasteiger partial charge in [0.15, 0.2) is 0 Å². The van der Waals surface area contributed by atoms with Crippen LogP contribution in [0.3, 0.4) is 0 Å². The van der Waals surface area contributed by atoms with Gasteiger partial charge in [-0.1, -0.05) is 0 Å². The second kappa shape index (κ2) is 12.3. The molecule has 0 aliphatic carbocycles. The number of nitrogens with one attached hydrogen (secondary N) is 1. The van der Waals surface area contributed by atoms with Gasteiger partial charge in [0.05, 0.1) is 0 Å². The summed E-state index contributed by atoms with van der Waals surface area (Å²) in [4.78, 5) is 26.7. The first-order valence-electron chi connectivity index (χ1n) is 12.1. The Morgan fingerprint density at radius 2 is 1.41 bits per heavy atom. The molecule has 0 amide bonds. The van der Waals surface area contributed by atoms with Crippen molar-refractivity contribution in [3.8, 4) is 0 Å². The SMILES string of the molecule is O=c1ccn([C@H]2OC[C@@H](OCc3ccccc3)[C@@H](OCc3ccccc3)[C@@H]2[Se]c2ccccc2)c(=O)[nH]1. The van der Waals surface area contributed by atoms with Gasteiger partial charge < -0.3 is 0 Å². The molecule has 1 saturated heterocycles.